The number of hydrogen-bond donors (Lipinski definition) is 2. The zero-order valence-electron chi connectivity index (χ0n) is 17.2. The highest BCUT2D eigenvalue weighted by molar-refractivity contribution is 7.13. The van der Waals surface area contributed by atoms with E-state index in [-0.39, 0.29) is 11.9 Å². The summed E-state index contributed by atoms with van der Waals surface area (Å²) in [5.41, 5.74) is 9.43. The summed E-state index contributed by atoms with van der Waals surface area (Å²) >= 11 is 1.64. The van der Waals surface area contributed by atoms with Crippen molar-refractivity contribution in [3.8, 4) is 21.8 Å². The summed E-state index contributed by atoms with van der Waals surface area (Å²) < 4.78 is 1.74. The van der Waals surface area contributed by atoms with Gasteiger partial charge >= 0.3 is 0 Å². The lowest BCUT2D eigenvalue weighted by molar-refractivity contribution is 0.0951. The van der Waals surface area contributed by atoms with Crippen molar-refractivity contribution in [3.63, 3.8) is 0 Å². The van der Waals surface area contributed by atoms with Crippen LogP contribution in [0.15, 0.2) is 48.1 Å². The van der Waals surface area contributed by atoms with E-state index in [9.17, 15) is 4.79 Å². The summed E-state index contributed by atoms with van der Waals surface area (Å²) in [6.07, 6.45) is 4.78. The van der Waals surface area contributed by atoms with E-state index in [0.717, 1.165) is 41.5 Å². The van der Waals surface area contributed by atoms with Crippen LogP contribution in [0, 0.1) is 0 Å². The van der Waals surface area contributed by atoms with Crippen LogP contribution in [-0.2, 0) is 0 Å². The quantitative estimate of drug-likeness (QED) is 0.485. The van der Waals surface area contributed by atoms with Gasteiger partial charge in [-0.05, 0) is 43.0 Å². The number of fused-ring (bicyclic) bond motifs is 1. The number of carbonyl (C=O) groups excluding carboxylic acids is 1. The first kappa shape index (κ1) is 19.7. The summed E-state index contributed by atoms with van der Waals surface area (Å²) in [4.78, 5) is 25.7. The lowest BCUT2D eigenvalue weighted by Crippen LogP contribution is -2.38. The maximum atomic E-state index is 12.8. The van der Waals surface area contributed by atoms with E-state index in [4.69, 9.17) is 15.7 Å². The average molecular weight is 434 g/mol. The van der Waals surface area contributed by atoms with Crippen LogP contribution in [0.2, 0.25) is 0 Å². The second-order valence-corrected chi connectivity index (χ2v) is 8.69. The Hall–Kier alpha value is -3.30. The predicted octanol–water partition coefficient (Wildman–Crippen LogP) is 2.81. The zero-order chi connectivity index (χ0) is 21.4. The Bertz CT molecular complexity index is 1230. The van der Waals surface area contributed by atoms with Gasteiger partial charge in [0, 0.05) is 37.4 Å². The standard InChI is InChI=1S/C22H23N7OS/c1-14(23)12-24-22(30)15-10-18(26-20(11-15)28-6-3-7-28)16-13-25-29-8-5-17(27-21(16)29)19-4-2-9-31-19/h2,4-5,8-11,13-14H,3,6-7,12,23H2,1H3,(H,24,30). The number of carbonyl (C=O) groups is 1. The number of pyridine rings is 1. The van der Waals surface area contributed by atoms with Crippen LogP contribution < -0.4 is 16.0 Å². The van der Waals surface area contributed by atoms with E-state index in [0.29, 0.717) is 23.4 Å². The van der Waals surface area contributed by atoms with Gasteiger partial charge in [-0.25, -0.2) is 14.5 Å². The number of nitrogens with one attached hydrogen (secondary N) is 1. The van der Waals surface area contributed by atoms with Gasteiger partial charge in [0.2, 0.25) is 0 Å². The second kappa shape index (κ2) is 8.09. The summed E-state index contributed by atoms with van der Waals surface area (Å²) in [5, 5.41) is 9.37. The maximum absolute atomic E-state index is 12.8. The van der Waals surface area contributed by atoms with E-state index < -0.39 is 0 Å². The van der Waals surface area contributed by atoms with Crippen LogP contribution in [-0.4, -0.2) is 51.2 Å². The van der Waals surface area contributed by atoms with Gasteiger partial charge in [0.15, 0.2) is 5.65 Å². The first-order chi connectivity index (χ1) is 15.1. The predicted molar refractivity (Wildman–Crippen MR) is 122 cm³/mol. The lowest BCUT2D eigenvalue weighted by Gasteiger charge is -2.32. The van der Waals surface area contributed by atoms with Gasteiger partial charge in [0.05, 0.1) is 28.0 Å². The van der Waals surface area contributed by atoms with E-state index in [2.05, 4.69) is 15.3 Å². The molecule has 4 aromatic rings. The van der Waals surface area contributed by atoms with Gasteiger partial charge in [-0.3, -0.25) is 4.79 Å². The first-order valence-electron chi connectivity index (χ1n) is 10.3. The van der Waals surface area contributed by atoms with Crippen molar-refractivity contribution >= 4 is 28.7 Å². The number of nitrogens with zero attached hydrogens (tertiary/aromatic N) is 5. The minimum atomic E-state index is -0.161. The minimum absolute atomic E-state index is 0.111. The van der Waals surface area contributed by atoms with Gasteiger partial charge in [0.1, 0.15) is 5.82 Å². The molecule has 0 bridgehead atoms. The molecule has 8 nitrogen and oxygen atoms in total. The molecule has 5 heterocycles. The maximum Gasteiger partial charge on any atom is 0.251 e. The first-order valence-corrected chi connectivity index (χ1v) is 11.2. The molecule has 31 heavy (non-hydrogen) atoms. The molecule has 9 heteroatoms. The van der Waals surface area contributed by atoms with Crippen LogP contribution in [0.3, 0.4) is 0 Å². The molecule has 0 saturated carbocycles. The highest BCUT2D eigenvalue weighted by Crippen LogP contribution is 2.30. The van der Waals surface area contributed by atoms with E-state index in [1.54, 1.807) is 28.1 Å². The summed E-state index contributed by atoms with van der Waals surface area (Å²) in [7, 11) is 0. The molecular formula is C22H23N7OS. The highest BCUT2D eigenvalue weighted by Gasteiger charge is 2.21. The van der Waals surface area contributed by atoms with Crippen molar-refractivity contribution < 1.29 is 4.79 Å². The Morgan fingerprint density at radius 3 is 2.84 bits per heavy atom. The molecule has 0 spiro atoms. The second-order valence-electron chi connectivity index (χ2n) is 7.74. The lowest BCUT2D eigenvalue weighted by atomic mass is 10.1. The molecule has 3 N–H and O–H groups in total. The fourth-order valence-corrected chi connectivity index (χ4v) is 4.15. The number of nitrogens with two attached hydrogens (primary N) is 1. The molecular weight excluding hydrogens is 410 g/mol. The number of hydrogen-bond acceptors (Lipinski definition) is 7. The number of aromatic nitrogens is 4. The SMILES string of the molecule is CC(N)CNC(=O)c1cc(-c2cnn3ccc(-c4cccs4)nc23)nc(N2CCC2)c1. The van der Waals surface area contributed by atoms with Crippen LogP contribution in [0.5, 0.6) is 0 Å². The Labute approximate surface area is 183 Å². The van der Waals surface area contributed by atoms with Gasteiger partial charge in [-0.1, -0.05) is 6.07 Å². The molecule has 0 radical (unpaired) electrons. The summed E-state index contributed by atoms with van der Waals surface area (Å²) in [6.45, 7) is 4.15. The van der Waals surface area contributed by atoms with E-state index in [1.807, 2.05) is 42.8 Å². The van der Waals surface area contributed by atoms with Crippen molar-refractivity contribution in [2.75, 3.05) is 24.5 Å². The third-order valence-electron chi connectivity index (χ3n) is 5.26. The highest BCUT2D eigenvalue weighted by atomic mass is 32.1. The van der Waals surface area contributed by atoms with Gasteiger partial charge in [-0.2, -0.15) is 5.10 Å². The zero-order valence-corrected chi connectivity index (χ0v) is 18.0. The molecule has 158 valence electrons. The monoisotopic (exact) mass is 433 g/mol. The van der Waals surface area contributed by atoms with E-state index >= 15 is 0 Å². The van der Waals surface area contributed by atoms with Crippen LogP contribution in [0.1, 0.15) is 23.7 Å². The smallest absolute Gasteiger partial charge is 0.251 e. The normalized spacial score (nSPS) is 14.5. The van der Waals surface area contributed by atoms with Crippen LogP contribution in [0.25, 0.3) is 27.5 Å². The molecule has 1 fully saturated rings. The molecule has 1 unspecified atom stereocenters. The van der Waals surface area contributed by atoms with Crippen LogP contribution >= 0.6 is 11.3 Å². The molecule has 1 atom stereocenters. The molecule has 1 amide bonds. The fourth-order valence-electron chi connectivity index (χ4n) is 3.46. The van der Waals surface area contributed by atoms with Gasteiger partial charge in [-0.15, -0.1) is 11.3 Å². The third-order valence-corrected chi connectivity index (χ3v) is 6.15. The van der Waals surface area contributed by atoms with Crippen molar-refractivity contribution in [3.05, 3.63) is 53.7 Å². The number of thiophene rings is 1. The molecule has 1 aliphatic heterocycles. The molecule has 4 aromatic heterocycles. The molecule has 1 saturated heterocycles. The topological polar surface area (TPSA) is 101 Å². The summed E-state index contributed by atoms with van der Waals surface area (Å²) in [5.74, 6) is 0.634. The number of amides is 1. The molecule has 5 rings (SSSR count). The largest absolute Gasteiger partial charge is 0.356 e. The van der Waals surface area contributed by atoms with Crippen molar-refractivity contribution in [2.45, 2.75) is 19.4 Å². The van der Waals surface area contributed by atoms with Gasteiger partial charge < -0.3 is 16.0 Å². The molecule has 1 aliphatic rings. The Morgan fingerprint density at radius 2 is 2.13 bits per heavy atom. The molecule has 0 aromatic carbocycles. The van der Waals surface area contributed by atoms with Crippen molar-refractivity contribution in [1.29, 1.82) is 0 Å². The van der Waals surface area contributed by atoms with Gasteiger partial charge in [0.25, 0.3) is 5.91 Å². The Morgan fingerprint density at radius 1 is 1.26 bits per heavy atom. The molecule has 0 aliphatic carbocycles. The average Bonchev–Trinajstić information content (AvgIpc) is 3.40. The fraction of sp³-hybridized carbons (Fsp3) is 0.273. The van der Waals surface area contributed by atoms with Crippen LogP contribution in [0.4, 0.5) is 5.82 Å². The Balaban J connectivity index is 1.58. The Kier molecular flexibility index (Phi) is 5.13. The third kappa shape index (κ3) is 3.89. The number of anilines is 1. The minimum Gasteiger partial charge on any atom is -0.356 e. The van der Waals surface area contributed by atoms with Crippen molar-refractivity contribution in [2.24, 2.45) is 5.73 Å². The summed E-state index contributed by atoms with van der Waals surface area (Å²) in [6, 6.07) is 9.54. The van der Waals surface area contributed by atoms with E-state index in [1.165, 1.54) is 0 Å². The van der Waals surface area contributed by atoms with Crippen molar-refractivity contribution in [1.82, 2.24) is 24.9 Å². The number of rotatable bonds is 6.